The number of likely N-dealkylation sites (N-methyl/N-ethyl adjacent to an activating group) is 2. The van der Waals surface area contributed by atoms with Crippen LogP contribution in [-0.2, 0) is 6.54 Å². The van der Waals surface area contributed by atoms with Gasteiger partial charge in [0, 0.05) is 44.1 Å². The van der Waals surface area contributed by atoms with E-state index in [-0.39, 0.29) is 0 Å². The van der Waals surface area contributed by atoms with Crippen LogP contribution in [0.4, 0.5) is 5.69 Å². The lowest BCUT2D eigenvalue weighted by molar-refractivity contribution is 0.248. The van der Waals surface area contributed by atoms with Gasteiger partial charge in [-0.25, -0.2) is 0 Å². The van der Waals surface area contributed by atoms with Crippen LogP contribution in [0.1, 0.15) is 31.4 Å². The third-order valence-corrected chi connectivity index (χ3v) is 4.50. The van der Waals surface area contributed by atoms with Gasteiger partial charge in [-0.05, 0) is 51.4 Å². The minimum Gasteiger partial charge on any atom is -0.370 e. The predicted octanol–water partition coefficient (Wildman–Crippen LogP) is 1.86. The molecule has 2 heterocycles. The van der Waals surface area contributed by atoms with Crippen LogP contribution in [0.15, 0.2) is 18.3 Å². The van der Waals surface area contributed by atoms with E-state index in [1.165, 1.54) is 37.9 Å². The summed E-state index contributed by atoms with van der Waals surface area (Å²) in [6.45, 7) is 3.29. The van der Waals surface area contributed by atoms with Gasteiger partial charge in [0.15, 0.2) is 0 Å². The van der Waals surface area contributed by atoms with Crippen LogP contribution in [-0.4, -0.2) is 49.2 Å². The standard InChI is InChI=1S/C16H26N4/c1-19-9-3-4-16(12-19)20(2)15-7-8-17-14(10-15)11-18-13-5-6-13/h7-8,10,13,16,18H,3-6,9,11-12H2,1-2H3. The normalized spacial score (nSPS) is 23.8. The molecule has 1 aliphatic carbocycles. The fourth-order valence-electron chi connectivity index (χ4n) is 2.98. The highest BCUT2D eigenvalue weighted by atomic mass is 15.2. The van der Waals surface area contributed by atoms with Crippen molar-refractivity contribution in [2.75, 3.05) is 32.1 Å². The number of nitrogens with one attached hydrogen (secondary N) is 1. The van der Waals surface area contributed by atoms with E-state index in [0.717, 1.165) is 24.8 Å². The first kappa shape index (κ1) is 13.8. The zero-order chi connectivity index (χ0) is 13.9. The summed E-state index contributed by atoms with van der Waals surface area (Å²) in [7, 11) is 4.44. The third-order valence-electron chi connectivity index (χ3n) is 4.50. The quantitative estimate of drug-likeness (QED) is 0.888. The first-order chi connectivity index (χ1) is 9.72. The second kappa shape index (κ2) is 6.10. The summed E-state index contributed by atoms with van der Waals surface area (Å²) in [6.07, 6.45) is 7.19. The van der Waals surface area contributed by atoms with Crippen LogP contribution in [0.25, 0.3) is 0 Å². The largest absolute Gasteiger partial charge is 0.370 e. The molecule has 0 spiro atoms. The lowest BCUT2D eigenvalue weighted by Gasteiger charge is -2.37. The molecule has 110 valence electrons. The van der Waals surface area contributed by atoms with E-state index in [1.54, 1.807) is 0 Å². The maximum absolute atomic E-state index is 4.48. The fourth-order valence-corrected chi connectivity index (χ4v) is 2.98. The van der Waals surface area contributed by atoms with E-state index < -0.39 is 0 Å². The minimum absolute atomic E-state index is 0.625. The van der Waals surface area contributed by atoms with E-state index >= 15 is 0 Å². The molecular weight excluding hydrogens is 248 g/mol. The van der Waals surface area contributed by atoms with Crippen LogP contribution in [0, 0.1) is 0 Å². The average molecular weight is 274 g/mol. The minimum atomic E-state index is 0.625. The van der Waals surface area contributed by atoms with Gasteiger partial charge in [-0.15, -0.1) is 0 Å². The van der Waals surface area contributed by atoms with Gasteiger partial charge >= 0.3 is 0 Å². The lowest BCUT2D eigenvalue weighted by Crippen LogP contribution is -2.45. The van der Waals surface area contributed by atoms with Crippen LogP contribution < -0.4 is 10.2 Å². The molecule has 1 saturated heterocycles. The smallest absolute Gasteiger partial charge is 0.0562 e. The van der Waals surface area contributed by atoms with E-state index in [4.69, 9.17) is 0 Å². The van der Waals surface area contributed by atoms with Gasteiger partial charge in [0.25, 0.3) is 0 Å². The number of pyridine rings is 1. The summed E-state index contributed by atoms with van der Waals surface area (Å²) < 4.78 is 0. The van der Waals surface area contributed by atoms with Crippen molar-refractivity contribution in [3.05, 3.63) is 24.0 Å². The van der Waals surface area contributed by atoms with Crippen molar-refractivity contribution in [3.63, 3.8) is 0 Å². The number of likely N-dealkylation sites (tertiary alicyclic amines) is 1. The maximum atomic E-state index is 4.48. The number of rotatable bonds is 5. The van der Waals surface area contributed by atoms with E-state index in [1.807, 2.05) is 6.20 Å². The molecule has 3 rings (SSSR count). The highest BCUT2D eigenvalue weighted by molar-refractivity contribution is 5.47. The zero-order valence-electron chi connectivity index (χ0n) is 12.7. The number of hydrogen-bond donors (Lipinski definition) is 1. The SMILES string of the molecule is CN1CCCC(N(C)c2ccnc(CNC3CC3)c2)C1. The molecular formula is C16H26N4. The third kappa shape index (κ3) is 3.49. The van der Waals surface area contributed by atoms with Crippen LogP contribution in [0.2, 0.25) is 0 Å². The summed E-state index contributed by atoms with van der Waals surface area (Å²) in [4.78, 5) is 9.34. The summed E-state index contributed by atoms with van der Waals surface area (Å²) in [5, 5.41) is 3.54. The van der Waals surface area contributed by atoms with Crippen LogP contribution >= 0.6 is 0 Å². The van der Waals surface area contributed by atoms with Crippen molar-refractivity contribution < 1.29 is 0 Å². The number of aromatic nitrogens is 1. The predicted molar refractivity (Wildman–Crippen MR) is 83.0 cm³/mol. The zero-order valence-corrected chi connectivity index (χ0v) is 12.7. The highest BCUT2D eigenvalue weighted by Crippen LogP contribution is 2.22. The molecule has 1 unspecified atom stereocenters. The number of hydrogen-bond acceptors (Lipinski definition) is 4. The van der Waals surface area contributed by atoms with Crippen LogP contribution in [0.5, 0.6) is 0 Å². The molecule has 4 nitrogen and oxygen atoms in total. The van der Waals surface area contributed by atoms with Gasteiger partial charge in [-0.1, -0.05) is 0 Å². The number of anilines is 1. The molecule has 2 fully saturated rings. The Hall–Kier alpha value is -1.13. The first-order valence-corrected chi connectivity index (χ1v) is 7.82. The molecule has 0 aromatic carbocycles. The molecule has 20 heavy (non-hydrogen) atoms. The molecule has 1 aromatic heterocycles. The molecule has 1 saturated carbocycles. The van der Waals surface area contributed by atoms with Gasteiger partial charge in [0.05, 0.1) is 5.69 Å². The van der Waals surface area contributed by atoms with Crippen molar-refractivity contribution in [1.29, 1.82) is 0 Å². The van der Waals surface area contributed by atoms with Gasteiger partial charge in [0.1, 0.15) is 0 Å². The first-order valence-electron chi connectivity index (χ1n) is 7.82. The monoisotopic (exact) mass is 274 g/mol. The Labute approximate surface area is 122 Å². The van der Waals surface area contributed by atoms with E-state index in [0.29, 0.717) is 6.04 Å². The van der Waals surface area contributed by atoms with Crippen molar-refractivity contribution in [1.82, 2.24) is 15.2 Å². The topological polar surface area (TPSA) is 31.4 Å². The Bertz CT molecular complexity index is 444. The molecule has 1 N–H and O–H groups in total. The second-order valence-electron chi connectivity index (χ2n) is 6.33. The fraction of sp³-hybridized carbons (Fsp3) is 0.688. The maximum Gasteiger partial charge on any atom is 0.0562 e. The molecule has 0 bridgehead atoms. The van der Waals surface area contributed by atoms with Gasteiger partial charge in [-0.2, -0.15) is 0 Å². The summed E-state index contributed by atoms with van der Waals surface area (Å²) in [5.74, 6) is 0. The Morgan fingerprint density at radius 3 is 3.00 bits per heavy atom. The summed E-state index contributed by atoms with van der Waals surface area (Å²) >= 11 is 0. The summed E-state index contributed by atoms with van der Waals surface area (Å²) in [5.41, 5.74) is 2.46. The van der Waals surface area contributed by atoms with Gasteiger partial charge < -0.3 is 15.1 Å². The molecule has 0 amide bonds. The molecule has 2 aliphatic rings. The summed E-state index contributed by atoms with van der Waals surface area (Å²) in [6, 6.07) is 5.74. The van der Waals surface area contributed by atoms with Crippen molar-refractivity contribution in [2.45, 2.75) is 44.3 Å². The Kier molecular flexibility index (Phi) is 4.22. The second-order valence-corrected chi connectivity index (χ2v) is 6.33. The van der Waals surface area contributed by atoms with E-state index in [9.17, 15) is 0 Å². The highest BCUT2D eigenvalue weighted by Gasteiger charge is 2.22. The van der Waals surface area contributed by atoms with Gasteiger partial charge in [-0.3, -0.25) is 4.98 Å². The average Bonchev–Trinajstić information content (AvgIpc) is 3.29. The molecule has 1 aromatic rings. The number of nitrogens with zero attached hydrogens (tertiary/aromatic N) is 3. The van der Waals surface area contributed by atoms with Crippen molar-refractivity contribution >= 4 is 5.69 Å². The molecule has 4 heteroatoms. The van der Waals surface area contributed by atoms with Crippen LogP contribution in [0.3, 0.4) is 0 Å². The number of piperidine rings is 1. The Morgan fingerprint density at radius 2 is 2.25 bits per heavy atom. The lowest BCUT2D eigenvalue weighted by atomic mass is 10.0. The van der Waals surface area contributed by atoms with Gasteiger partial charge in [0.2, 0.25) is 0 Å². The van der Waals surface area contributed by atoms with Crippen molar-refractivity contribution in [2.24, 2.45) is 0 Å². The van der Waals surface area contributed by atoms with E-state index in [2.05, 4.69) is 46.3 Å². The molecule has 1 aliphatic heterocycles. The Balaban J connectivity index is 1.63. The Morgan fingerprint density at radius 1 is 1.40 bits per heavy atom. The van der Waals surface area contributed by atoms with Crippen molar-refractivity contribution in [3.8, 4) is 0 Å². The molecule has 0 radical (unpaired) electrons. The molecule has 1 atom stereocenters.